The summed E-state index contributed by atoms with van der Waals surface area (Å²) in [4.78, 5) is 14.3. The lowest BCUT2D eigenvalue weighted by molar-refractivity contribution is 0.0981. The summed E-state index contributed by atoms with van der Waals surface area (Å²) in [5.41, 5.74) is 9.63. The average Bonchev–Trinajstić information content (AvgIpc) is 2.16. The Bertz CT molecular complexity index is 354. The van der Waals surface area contributed by atoms with Crippen molar-refractivity contribution in [3.05, 3.63) is 29.1 Å². The molecule has 76 valence electrons. The van der Waals surface area contributed by atoms with E-state index < -0.39 is 18.0 Å². The highest BCUT2D eigenvalue weighted by Crippen LogP contribution is 2.22. The first-order valence-electron chi connectivity index (χ1n) is 3.83. The minimum absolute atomic E-state index is 0.0273. The highest BCUT2D eigenvalue weighted by Gasteiger charge is 2.20. The number of alkyl halides is 2. The second-order valence-electron chi connectivity index (χ2n) is 2.60. The predicted molar refractivity (Wildman–Crippen MR) is 45.6 cm³/mol. The maximum atomic E-state index is 12.4. The van der Waals surface area contributed by atoms with Crippen LogP contribution in [0.1, 0.15) is 28.0 Å². The number of pyridine rings is 1. The number of carbonyl (C=O) groups is 1. The predicted octanol–water partition coefficient (Wildman–Crippen LogP) is 0.577. The van der Waals surface area contributed by atoms with E-state index in [0.29, 0.717) is 0 Å². The van der Waals surface area contributed by atoms with Crippen molar-refractivity contribution in [1.29, 1.82) is 0 Å². The van der Waals surface area contributed by atoms with Crippen LogP contribution < -0.4 is 11.5 Å². The maximum absolute atomic E-state index is 12.4. The molecular formula is C8H9F2N3O. The van der Waals surface area contributed by atoms with Crippen LogP contribution in [0.2, 0.25) is 0 Å². The van der Waals surface area contributed by atoms with Gasteiger partial charge in [0.2, 0.25) is 0 Å². The molecule has 0 radical (unpaired) electrons. The standard InChI is InChI=1S/C8H9F2N3O/c9-7(10)6-5(8(12)14)4(3-11)1-2-13-6/h1-2,7H,3,11H2,(H2,12,14). The Balaban J connectivity index is 3.35. The fraction of sp³-hybridized carbons (Fsp3) is 0.250. The summed E-state index contributed by atoms with van der Waals surface area (Å²) >= 11 is 0. The molecule has 0 saturated heterocycles. The van der Waals surface area contributed by atoms with E-state index in [-0.39, 0.29) is 17.7 Å². The molecule has 1 rings (SSSR count). The zero-order valence-electron chi connectivity index (χ0n) is 7.21. The lowest BCUT2D eigenvalue weighted by Crippen LogP contribution is -2.19. The van der Waals surface area contributed by atoms with Gasteiger partial charge in [0, 0.05) is 12.7 Å². The molecule has 0 saturated carbocycles. The van der Waals surface area contributed by atoms with Crippen molar-refractivity contribution in [1.82, 2.24) is 4.98 Å². The normalized spacial score (nSPS) is 10.6. The summed E-state index contributed by atoms with van der Waals surface area (Å²) in [5.74, 6) is -0.936. The van der Waals surface area contributed by atoms with E-state index in [1.807, 2.05) is 0 Å². The number of hydrogen-bond acceptors (Lipinski definition) is 3. The SMILES string of the molecule is NCc1ccnc(C(F)F)c1C(N)=O. The van der Waals surface area contributed by atoms with Crippen LogP contribution in [-0.4, -0.2) is 10.9 Å². The third kappa shape index (κ3) is 1.85. The van der Waals surface area contributed by atoms with Gasteiger partial charge >= 0.3 is 0 Å². The van der Waals surface area contributed by atoms with E-state index in [1.165, 1.54) is 12.3 Å². The number of hydrogen-bond donors (Lipinski definition) is 2. The highest BCUT2D eigenvalue weighted by molar-refractivity contribution is 5.95. The number of carbonyl (C=O) groups excluding carboxylic acids is 1. The number of nitrogens with zero attached hydrogens (tertiary/aromatic N) is 1. The number of halogens is 2. The van der Waals surface area contributed by atoms with E-state index >= 15 is 0 Å². The summed E-state index contributed by atoms with van der Waals surface area (Å²) in [7, 11) is 0. The minimum atomic E-state index is -2.83. The van der Waals surface area contributed by atoms with Gasteiger partial charge in [0.1, 0.15) is 5.69 Å². The summed E-state index contributed by atoms with van der Waals surface area (Å²) in [5, 5.41) is 0. The van der Waals surface area contributed by atoms with E-state index in [1.54, 1.807) is 0 Å². The van der Waals surface area contributed by atoms with Crippen LogP contribution in [0.5, 0.6) is 0 Å². The van der Waals surface area contributed by atoms with Crippen molar-refractivity contribution in [3.8, 4) is 0 Å². The van der Waals surface area contributed by atoms with Gasteiger partial charge in [-0.3, -0.25) is 9.78 Å². The summed E-state index contributed by atoms with van der Waals surface area (Å²) in [6.45, 7) is -0.0273. The van der Waals surface area contributed by atoms with Crippen molar-refractivity contribution in [3.63, 3.8) is 0 Å². The van der Waals surface area contributed by atoms with Gasteiger partial charge in [-0.1, -0.05) is 0 Å². The Morgan fingerprint density at radius 1 is 1.57 bits per heavy atom. The first-order valence-corrected chi connectivity index (χ1v) is 3.83. The molecule has 0 atom stereocenters. The molecule has 0 unspecified atom stereocenters. The van der Waals surface area contributed by atoms with Crippen LogP contribution >= 0.6 is 0 Å². The van der Waals surface area contributed by atoms with Gasteiger partial charge < -0.3 is 11.5 Å². The molecule has 0 bridgehead atoms. The minimum Gasteiger partial charge on any atom is -0.366 e. The lowest BCUT2D eigenvalue weighted by atomic mass is 10.1. The van der Waals surface area contributed by atoms with Crippen LogP contribution in [0.4, 0.5) is 8.78 Å². The van der Waals surface area contributed by atoms with Gasteiger partial charge in [-0.2, -0.15) is 0 Å². The molecule has 1 amide bonds. The van der Waals surface area contributed by atoms with Gasteiger partial charge in [-0.05, 0) is 11.6 Å². The largest absolute Gasteiger partial charge is 0.366 e. The molecule has 1 heterocycles. The van der Waals surface area contributed by atoms with E-state index in [0.717, 1.165) is 0 Å². The van der Waals surface area contributed by atoms with Crippen molar-refractivity contribution < 1.29 is 13.6 Å². The van der Waals surface area contributed by atoms with Crippen molar-refractivity contribution in [2.45, 2.75) is 13.0 Å². The molecular weight excluding hydrogens is 192 g/mol. The molecule has 0 fully saturated rings. The Kier molecular flexibility index (Phi) is 3.08. The first kappa shape index (κ1) is 10.5. The lowest BCUT2D eigenvalue weighted by Gasteiger charge is -2.08. The molecule has 1 aromatic rings. The fourth-order valence-electron chi connectivity index (χ4n) is 1.14. The van der Waals surface area contributed by atoms with Crippen LogP contribution in [0, 0.1) is 0 Å². The van der Waals surface area contributed by atoms with Crippen LogP contribution in [-0.2, 0) is 6.54 Å². The third-order valence-corrected chi connectivity index (χ3v) is 1.74. The van der Waals surface area contributed by atoms with Gasteiger partial charge in [0.05, 0.1) is 5.56 Å². The summed E-state index contributed by atoms with van der Waals surface area (Å²) in [6.07, 6.45) is -1.65. The monoisotopic (exact) mass is 201 g/mol. The van der Waals surface area contributed by atoms with Crippen molar-refractivity contribution in [2.24, 2.45) is 11.5 Å². The molecule has 0 aliphatic heterocycles. The van der Waals surface area contributed by atoms with E-state index in [9.17, 15) is 13.6 Å². The van der Waals surface area contributed by atoms with Gasteiger partial charge in [-0.15, -0.1) is 0 Å². The van der Waals surface area contributed by atoms with Crippen LogP contribution in [0.3, 0.4) is 0 Å². The first-order chi connectivity index (χ1) is 6.57. The molecule has 0 aromatic carbocycles. The Hall–Kier alpha value is -1.56. The van der Waals surface area contributed by atoms with Crippen LogP contribution in [0.25, 0.3) is 0 Å². The maximum Gasteiger partial charge on any atom is 0.281 e. The number of aromatic nitrogens is 1. The number of primary amides is 1. The molecule has 6 heteroatoms. The molecule has 4 N–H and O–H groups in total. The molecule has 0 aliphatic carbocycles. The summed E-state index contributed by atoms with van der Waals surface area (Å²) < 4.78 is 24.8. The smallest absolute Gasteiger partial charge is 0.281 e. The quantitative estimate of drug-likeness (QED) is 0.750. The molecule has 0 aliphatic rings. The zero-order valence-corrected chi connectivity index (χ0v) is 7.21. The molecule has 4 nitrogen and oxygen atoms in total. The Labute approximate surface area is 78.9 Å². The number of nitrogens with two attached hydrogens (primary N) is 2. The van der Waals surface area contributed by atoms with Crippen molar-refractivity contribution in [2.75, 3.05) is 0 Å². The molecule has 14 heavy (non-hydrogen) atoms. The van der Waals surface area contributed by atoms with Crippen LogP contribution in [0.15, 0.2) is 12.3 Å². The second kappa shape index (κ2) is 4.10. The van der Waals surface area contributed by atoms with Crippen molar-refractivity contribution >= 4 is 5.91 Å². The number of amides is 1. The highest BCUT2D eigenvalue weighted by atomic mass is 19.3. The average molecular weight is 201 g/mol. The topological polar surface area (TPSA) is 82.0 Å². The van der Waals surface area contributed by atoms with Gasteiger partial charge in [0.15, 0.2) is 0 Å². The van der Waals surface area contributed by atoms with E-state index in [4.69, 9.17) is 11.5 Å². The zero-order chi connectivity index (χ0) is 10.7. The van der Waals surface area contributed by atoms with Gasteiger partial charge in [0.25, 0.3) is 12.3 Å². The Morgan fingerprint density at radius 3 is 2.64 bits per heavy atom. The Morgan fingerprint density at radius 2 is 2.21 bits per heavy atom. The second-order valence-corrected chi connectivity index (χ2v) is 2.60. The summed E-state index contributed by atoms with van der Waals surface area (Å²) in [6, 6.07) is 1.39. The van der Waals surface area contributed by atoms with E-state index in [2.05, 4.69) is 4.98 Å². The number of rotatable bonds is 3. The van der Waals surface area contributed by atoms with Gasteiger partial charge in [-0.25, -0.2) is 8.78 Å². The third-order valence-electron chi connectivity index (χ3n) is 1.74. The fourth-order valence-corrected chi connectivity index (χ4v) is 1.14. The molecule has 1 aromatic heterocycles. The molecule has 0 spiro atoms.